The monoisotopic (exact) mass is 495 g/mol. The van der Waals surface area contributed by atoms with Crippen molar-refractivity contribution >= 4 is 16.5 Å². The molecule has 0 fully saturated rings. The van der Waals surface area contributed by atoms with Crippen molar-refractivity contribution < 1.29 is 51.0 Å². The molecule has 0 saturated carbocycles. The zero-order chi connectivity index (χ0) is 17.7. The second-order valence-corrected chi connectivity index (χ2v) is 7.38. The third kappa shape index (κ3) is 4.08. The van der Waals surface area contributed by atoms with Crippen LogP contribution in [0.3, 0.4) is 0 Å². The summed E-state index contributed by atoms with van der Waals surface area (Å²) in [5.74, 6) is 0.313. The zero-order valence-electron chi connectivity index (χ0n) is 16.4. The van der Waals surface area contributed by atoms with Gasteiger partial charge in [0.05, 0.1) is 11.4 Å². The molecule has 2 aromatic rings. The summed E-state index contributed by atoms with van der Waals surface area (Å²) in [6.07, 6.45) is 12.1. The molecule has 0 unspecified atom stereocenters. The first-order chi connectivity index (χ1) is 12.7. The first-order valence-electron chi connectivity index (χ1n) is 9.27. The van der Waals surface area contributed by atoms with E-state index in [-0.39, 0.29) is 51.0 Å². The van der Waals surface area contributed by atoms with Crippen LogP contribution in [0.25, 0.3) is 10.8 Å². The van der Waals surface area contributed by atoms with Crippen molar-refractivity contribution in [1.29, 1.82) is 0 Å². The molecule has 5 rings (SSSR count). The fourth-order valence-electron chi connectivity index (χ4n) is 4.22. The standard InChI is InChI=1S/C25H21N.2ClH.Zr/c1-16(2)21-13-14-22-24(21)23(18-8-4-5-9-18)25(26-22)20-12-11-17-7-3-6-10-19(17)15-20;;;/h3-12,14-15,18H,13H2,1-2H3;2*1H;/q;;;+2/p-2. The van der Waals surface area contributed by atoms with Crippen molar-refractivity contribution in [2.24, 2.45) is 10.9 Å². The summed E-state index contributed by atoms with van der Waals surface area (Å²) in [5.41, 5.74) is 9.08. The van der Waals surface area contributed by atoms with E-state index in [0.717, 1.165) is 17.8 Å². The molecule has 0 amide bonds. The summed E-state index contributed by atoms with van der Waals surface area (Å²) < 4.78 is 0. The quantitative estimate of drug-likeness (QED) is 0.567. The summed E-state index contributed by atoms with van der Waals surface area (Å²) in [7, 11) is 0. The molecular weight excluding hydrogens is 476 g/mol. The Morgan fingerprint density at radius 3 is 2.31 bits per heavy atom. The summed E-state index contributed by atoms with van der Waals surface area (Å²) >= 11 is 0. The largest absolute Gasteiger partial charge is 2.00 e. The van der Waals surface area contributed by atoms with Crippen molar-refractivity contribution in [3.63, 3.8) is 0 Å². The fraction of sp³-hybridized carbons (Fsp3) is 0.160. The zero-order valence-corrected chi connectivity index (χ0v) is 20.4. The molecule has 1 nitrogen and oxygen atoms in total. The molecule has 0 bridgehead atoms. The number of nitrogens with zero attached hydrogens (tertiary/aromatic N) is 1. The normalized spacial score (nSPS) is 16.8. The molecule has 0 atom stereocenters. The number of hydrogen-bond acceptors (Lipinski definition) is 1. The minimum absolute atomic E-state index is 0. The van der Waals surface area contributed by atoms with Crippen molar-refractivity contribution in [1.82, 2.24) is 0 Å². The van der Waals surface area contributed by atoms with Gasteiger partial charge in [-0.05, 0) is 48.3 Å². The molecular formula is C25H21Cl2NZr. The minimum Gasteiger partial charge on any atom is -1.00 e. The van der Waals surface area contributed by atoms with Gasteiger partial charge < -0.3 is 24.8 Å². The maximum absolute atomic E-state index is 5.09. The third-order valence-corrected chi connectivity index (χ3v) is 5.52. The molecule has 0 aromatic heterocycles. The predicted octanol–water partition coefficient (Wildman–Crippen LogP) is 0.311. The summed E-state index contributed by atoms with van der Waals surface area (Å²) in [4.78, 5) is 5.09. The van der Waals surface area contributed by atoms with Crippen molar-refractivity contribution in [2.75, 3.05) is 0 Å². The van der Waals surface area contributed by atoms with E-state index in [0.29, 0.717) is 5.92 Å². The molecule has 2 aliphatic carbocycles. The van der Waals surface area contributed by atoms with E-state index in [1.807, 2.05) is 0 Å². The molecule has 0 radical (unpaired) electrons. The van der Waals surface area contributed by atoms with Crippen molar-refractivity contribution in [2.45, 2.75) is 20.3 Å². The Morgan fingerprint density at radius 2 is 1.62 bits per heavy atom. The van der Waals surface area contributed by atoms with Crippen LogP contribution in [0.2, 0.25) is 0 Å². The SMILES string of the molecule is CC(C)=C1CC=C2N=C(c3ccc4ccccc4c3)C(C3C=CC=C3)=C21.[Cl-].[Cl-].[Zr+2]. The fourth-order valence-corrected chi connectivity index (χ4v) is 4.22. The van der Waals surface area contributed by atoms with Crippen LogP contribution >= 0.6 is 0 Å². The maximum Gasteiger partial charge on any atom is 2.00 e. The molecule has 1 aliphatic heterocycles. The van der Waals surface area contributed by atoms with E-state index >= 15 is 0 Å². The van der Waals surface area contributed by atoms with Gasteiger partial charge >= 0.3 is 26.2 Å². The summed E-state index contributed by atoms with van der Waals surface area (Å²) in [6, 6.07) is 15.2. The molecule has 2 aromatic carbocycles. The van der Waals surface area contributed by atoms with Crippen LogP contribution in [0.5, 0.6) is 0 Å². The molecule has 4 heteroatoms. The average Bonchev–Trinajstić information content (AvgIpc) is 3.37. The van der Waals surface area contributed by atoms with Gasteiger partial charge in [-0.2, -0.15) is 0 Å². The van der Waals surface area contributed by atoms with Crippen molar-refractivity contribution in [3.8, 4) is 0 Å². The van der Waals surface area contributed by atoms with Crippen LogP contribution in [-0.2, 0) is 26.2 Å². The van der Waals surface area contributed by atoms with Crippen LogP contribution in [0, 0.1) is 5.92 Å². The molecule has 3 aliphatic rings. The van der Waals surface area contributed by atoms with E-state index in [1.165, 1.54) is 38.6 Å². The van der Waals surface area contributed by atoms with E-state index in [9.17, 15) is 0 Å². The van der Waals surface area contributed by atoms with Gasteiger partial charge in [-0.25, -0.2) is 4.99 Å². The van der Waals surface area contributed by atoms with Gasteiger partial charge in [0.25, 0.3) is 0 Å². The van der Waals surface area contributed by atoms with Gasteiger partial charge in [0.1, 0.15) is 0 Å². The summed E-state index contributed by atoms with van der Waals surface area (Å²) in [6.45, 7) is 4.43. The topological polar surface area (TPSA) is 12.4 Å². The Kier molecular flexibility index (Phi) is 7.85. The molecule has 1 heterocycles. The van der Waals surface area contributed by atoms with E-state index in [1.54, 1.807) is 0 Å². The first kappa shape index (κ1) is 23.8. The van der Waals surface area contributed by atoms with Crippen LogP contribution in [0.15, 0.2) is 106 Å². The van der Waals surface area contributed by atoms with Crippen LogP contribution in [0.4, 0.5) is 0 Å². The van der Waals surface area contributed by atoms with Gasteiger partial charge in [-0.15, -0.1) is 0 Å². The number of aliphatic imine (C=N–C) groups is 1. The number of rotatable bonds is 2. The number of allylic oxidation sites excluding steroid dienone is 8. The first-order valence-corrected chi connectivity index (χ1v) is 9.27. The Bertz CT molecular complexity index is 1120. The number of hydrogen-bond donors (Lipinski definition) is 0. The van der Waals surface area contributed by atoms with Crippen molar-refractivity contribution in [3.05, 3.63) is 106 Å². The van der Waals surface area contributed by atoms with Crippen LogP contribution in [-0.4, -0.2) is 5.71 Å². The maximum atomic E-state index is 5.09. The number of halogens is 2. The average molecular weight is 498 g/mol. The molecule has 29 heavy (non-hydrogen) atoms. The molecule has 0 N–H and O–H groups in total. The Balaban J connectivity index is 0.000001000. The second kappa shape index (κ2) is 9.56. The second-order valence-electron chi connectivity index (χ2n) is 7.38. The third-order valence-electron chi connectivity index (χ3n) is 5.52. The van der Waals surface area contributed by atoms with Gasteiger partial charge in [0.2, 0.25) is 0 Å². The minimum atomic E-state index is 0. The summed E-state index contributed by atoms with van der Waals surface area (Å²) in [5, 5.41) is 2.54. The molecule has 0 saturated heterocycles. The van der Waals surface area contributed by atoms with Gasteiger partial charge in [-0.3, -0.25) is 0 Å². The van der Waals surface area contributed by atoms with Gasteiger partial charge in [-0.1, -0.05) is 72.4 Å². The van der Waals surface area contributed by atoms with E-state index < -0.39 is 0 Å². The smallest absolute Gasteiger partial charge is 1.00 e. The Labute approximate surface area is 204 Å². The van der Waals surface area contributed by atoms with E-state index in [4.69, 9.17) is 4.99 Å². The van der Waals surface area contributed by atoms with Gasteiger partial charge in [0, 0.05) is 17.1 Å². The van der Waals surface area contributed by atoms with E-state index in [2.05, 4.69) is 86.7 Å². The molecule has 0 spiro atoms. The van der Waals surface area contributed by atoms with Gasteiger partial charge in [0.15, 0.2) is 0 Å². The number of fused-ring (bicyclic) bond motifs is 2. The van der Waals surface area contributed by atoms with Crippen LogP contribution in [0.1, 0.15) is 25.8 Å². The Morgan fingerprint density at radius 1 is 0.931 bits per heavy atom. The number of benzene rings is 2. The van der Waals surface area contributed by atoms with Crippen LogP contribution < -0.4 is 24.8 Å². The molecule has 144 valence electrons. The Hall–Kier alpha value is -1.47. The predicted molar refractivity (Wildman–Crippen MR) is 110 cm³/mol.